The number of alkyl carbamates (subject to hydrolysis) is 1. The standard InChI is InChI=1S/C10H8Cl2FNO2/c1-10(4-16-9(15)14-10)5-2-8(13)7(12)3-6(5)11/h2-3H,4H2,1H3,(H,14,15). The van der Waals surface area contributed by atoms with Crippen LogP contribution in [-0.4, -0.2) is 12.7 Å². The van der Waals surface area contributed by atoms with Crippen LogP contribution in [0.2, 0.25) is 10.0 Å². The summed E-state index contributed by atoms with van der Waals surface area (Å²) in [5, 5.41) is 2.82. The zero-order chi connectivity index (χ0) is 11.9. The quantitative estimate of drug-likeness (QED) is 0.791. The van der Waals surface area contributed by atoms with Gasteiger partial charge in [-0.15, -0.1) is 0 Å². The second-order valence-electron chi connectivity index (χ2n) is 3.78. The van der Waals surface area contributed by atoms with E-state index in [0.717, 1.165) is 0 Å². The largest absolute Gasteiger partial charge is 0.447 e. The Morgan fingerprint density at radius 3 is 2.69 bits per heavy atom. The number of nitrogens with one attached hydrogen (secondary N) is 1. The first-order valence-electron chi connectivity index (χ1n) is 4.52. The highest BCUT2D eigenvalue weighted by atomic mass is 35.5. The summed E-state index contributed by atoms with van der Waals surface area (Å²) in [6.45, 7) is 1.80. The lowest BCUT2D eigenvalue weighted by molar-refractivity contribution is 0.173. The summed E-state index contributed by atoms with van der Waals surface area (Å²) in [7, 11) is 0. The van der Waals surface area contributed by atoms with Gasteiger partial charge in [-0.2, -0.15) is 0 Å². The lowest BCUT2D eigenvalue weighted by Gasteiger charge is -2.23. The summed E-state index contributed by atoms with van der Waals surface area (Å²) >= 11 is 11.5. The molecule has 0 aliphatic carbocycles. The SMILES string of the molecule is CC1(c2cc(F)c(Cl)cc2Cl)COC(=O)N1. The van der Waals surface area contributed by atoms with Crippen molar-refractivity contribution in [1.82, 2.24) is 5.32 Å². The third kappa shape index (κ3) is 1.83. The lowest BCUT2D eigenvalue weighted by atomic mass is 9.93. The molecule has 1 N–H and O–H groups in total. The molecule has 1 atom stereocenters. The minimum absolute atomic E-state index is 0.0532. The Hall–Kier alpha value is -1.00. The maximum atomic E-state index is 13.3. The maximum absolute atomic E-state index is 13.3. The molecule has 1 fully saturated rings. The van der Waals surface area contributed by atoms with Crippen LogP contribution in [0.1, 0.15) is 12.5 Å². The van der Waals surface area contributed by atoms with Crippen molar-refractivity contribution in [3.63, 3.8) is 0 Å². The van der Waals surface area contributed by atoms with E-state index in [1.165, 1.54) is 12.1 Å². The topological polar surface area (TPSA) is 38.3 Å². The Bertz CT molecular complexity index is 466. The molecule has 1 saturated heterocycles. The van der Waals surface area contributed by atoms with Crippen LogP contribution in [0.3, 0.4) is 0 Å². The summed E-state index contributed by atoms with van der Waals surface area (Å²) in [6.07, 6.45) is -0.547. The zero-order valence-corrected chi connectivity index (χ0v) is 9.82. The Kier molecular flexibility index (Phi) is 2.72. The molecule has 2 rings (SSSR count). The Balaban J connectivity index is 2.48. The Morgan fingerprint density at radius 1 is 1.44 bits per heavy atom. The number of hydrogen-bond donors (Lipinski definition) is 1. The van der Waals surface area contributed by atoms with Crippen molar-refractivity contribution in [1.29, 1.82) is 0 Å². The third-order valence-electron chi connectivity index (χ3n) is 2.47. The van der Waals surface area contributed by atoms with Gasteiger partial charge in [-0.3, -0.25) is 0 Å². The monoisotopic (exact) mass is 263 g/mol. The molecule has 3 nitrogen and oxygen atoms in total. The number of halogens is 3. The molecule has 1 unspecified atom stereocenters. The molecule has 0 radical (unpaired) electrons. The van der Waals surface area contributed by atoms with Gasteiger partial charge in [0.2, 0.25) is 0 Å². The van der Waals surface area contributed by atoms with Crippen molar-refractivity contribution in [2.24, 2.45) is 0 Å². The summed E-state index contributed by atoms with van der Waals surface area (Å²) < 4.78 is 18.1. The van der Waals surface area contributed by atoms with E-state index in [1.807, 2.05) is 0 Å². The van der Waals surface area contributed by atoms with Crippen LogP contribution in [0.25, 0.3) is 0 Å². The molecule has 1 aromatic rings. The summed E-state index contributed by atoms with van der Waals surface area (Å²) in [5.41, 5.74) is -0.374. The van der Waals surface area contributed by atoms with Gasteiger partial charge in [-0.1, -0.05) is 23.2 Å². The predicted octanol–water partition coefficient (Wildman–Crippen LogP) is 3.09. The lowest BCUT2D eigenvalue weighted by Crippen LogP contribution is -2.37. The number of hydrogen-bond acceptors (Lipinski definition) is 2. The zero-order valence-electron chi connectivity index (χ0n) is 8.31. The van der Waals surface area contributed by atoms with Crippen molar-refractivity contribution < 1.29 is 13.9 Å². The molecule has 1 aliphatic heterocycles. The van der Waals surface area contributed by atoms with Crippen LogP contribution >= 0.6 is 23.2 Å². The van der Waals surface area contributed by atoms with Crippen LogP contribution in [0.5, 0.6) is 0 Å². The number of carbonyl (C=O) groups excluding carboxylic acids is 1. The highest BCUT2D eigenvalue weighted by molar-refractivity contribution is 6.35. The summed E-state index contributed by atoms with van der Waals surface area (Å²) in [5.74, 6) is -0.580. The fraction of sp³-hybridized carbons (Fsp3) is 0.300. The van der Waals surface area contributed by atoms with Gasteiger partial charge < -0.3 is 10.1 Å². The molecular weight excluding hydrogens is 256 g/mol. The minimum atomic E-state index is -0.820. The molecule has 1 aromatic carbocycles. The van der Waals surface area contributed by atoms with Crippen molar-refractivity contribution in [2.45, 2.75) is 12.5 Å². The molecular formula is C10H8Cl2FNO2. The first-order chi connectivity index (χ1) is 7.42. The first-order valence-corrected chi connectivity index (χ1v) is 5.28. The van der Waals surface area contributed by atoms with Crippen molar-refractivity contribution in [2.75, 3.05) is 6.61 Å². The van der Waals surface area contributed by atoms with Crippen LogP contribution in [-0.2, 0) is 10.3 Å². The van der Waals surface area contributed by atoms with Gasteiger partial charge in [-0.25, -0.2) is 9.18 Å². The summed E-state index contributed by atoms with van der Waals surface area (Å²) in [6, 6.07) is 2.52. The minimum Gasteiger partial charge on any atom is -0.447 e. The molecule has 0 spiro atoms. The van der Waals surface area contributed by atoms with Crippen molar-refractivity contribution in [3.05, 3.63) is 33.6 Å². The third-order valence-corrected chi connectivity index (χ3v) is 3.08. The molecule has 1 heterocycles. The molecule has 0 aromatic heterocycles. The normalized spacial score (nSPS) is 24.1. The number of carbonyl (C=O) groups is 1. The maximum Gasteiger partial charge on any atom is 0.408 e. The van der Waals surface area contributed by atoms with E-state index in [0.29, 0.717) is 10.6 Å². The molecule has 1 amide bonds. The highest BCUT2D eigenvalue weighted by Crippen LogP contribution is 2.34. The molecule has 86 valence electrons. The number of rotatable bonds is 1. The fourth-order valence-corrected chi connectivity index (χ4v) is 2.19. The van der Waals surface area contributed by atoms with E-state index in [9.17, 15) is 9.18 Å². The number of ether oxygens (including phenoxy) is 1. The Labute approximate surface area is 101 Å². The van der Waals surface area contributed by atoms with E-state index in [2.05, 4.69) is 5.32 Å². The average Bonchev–Trinajstić information content (AvgIpc) is 2.53. The molecule has 6 heteroatoms. The van der Waals surface area contributed by atoms with Crippen LogP contribution in [0.15, 0.2) is 12.1 Å². The highest BCUT2D eigenvalue weighted by Gasteiger charge is 2.38. The van der Waals surface area contributed by atoms with Gasteiger partial charge in [0.15, 0.2) is 0 Å². The number of amides is 1. The van der Waals surface area contributed by atoms with Crippen LogP contribution in [0.4, 0.5) is 9.18 Å². The first kappa shape index (κ1) is 11.5. The van der Waals surface area contributed by atoms with Gasteiger partial charge in [0.25, 0.3) is 0 Å². The number of benzene rings is 1. The smallest absolute Gasteiger partial charge is 0.408 e. The van der Waals surface area contributed by atoms with Crippen LogP contribution in [0, 0.1) is 5.82 Å². The summed E-state index contributed by atoms with van der Waals surface area (Å²) in [4.78, 5) is 11.0. The van der Waals surface area contributed by atoms with E-state index < -0.39 is 17.4 Å². The van der Waals surface area contributed by atoms with Gasteiger partial charge in [0, 0.05) is 10.6 Å². The molecule has 16 heavy (non-hydrogen) atoms. The van der Waals surface area contributed by atoms with E-state index in [4.69, 9.17) is 27.9 Å². The van der Waals surface area contributed by atoms with E-state index >= 15 is 0 Å². The molecule has 0 saturated carbocycles. The fourth-order valence-electron chi connectivity index (χ4n) is 1.60. The molecule has 0 bridgehead atoms. The van der Waals surface area contributed by atoms with Gasteiger partial charge in [0.05, 0.1) is 5.02 Å². The number of cyclic esters (lactones) is 1. The van der Waals surface area contributed by atoms with Gasteiger partial charge in [0.1, 0.15) is 18.0 Å². The average molecular weight is 264 g/mol. The van der Waals surface area contributed by atoms with Crippen molar-refractivity contribution in [3.8, 4) is 0 Å². The second kappa shape index (κ2) is 3.79. The van der Waals surface area contributed by atoms with Gasteiger partial charge >= 0.3 is 6.09 Å². The van der Waals surface area contributed by atoms with E-state index in [1.54, 1.807) is 6.92 Å². The molecule has 1 aliphatic rings. The van der Waals surface area contributed by atoms with Crippen LogP contribution < -0.4 is 5.32 Å². The Morgan fingerprint density at radius 2 is 2.12 bits per heavy atom. The van der Waals surface area contributed by atoms with E-state index in [-0.39, 0.29) is 11.6 Å². The van der Waals surface area contributed by atoms with Gasteiger partial charge in [-0.05, 0) is 19.1 Å². The predicted molar refractivity (Wildman–Crippen MR) is 58.3 cm³/mol. The second-order valence-corrected chi connectivity index (χ2v) is 4.59. The van der Waals surface area contributed by atoms with Crippen molar-refractivity contribution >= 4 is 29.3 Å².